The van der Waals surface area contributed by atoms with E-state index in [1.54, 1.807) is 0 Å². The second-order valence-electron chi connectivity index (χ2n) is 4.38. The second-order valence-corrected chi connectivity index (χ2v) is 6.34. The SMILES string of the molecule is COc1cc(F)c(Br)cc1C(Br)Cc1c(F)cccc1F. The summed E-state index contributed by atoms with van der Waals surface area (Å²) in [5, 5.41) is 0. The molecule has 0 heterocycles. The highest BCUT2D eigenvalue weighted by atomic mass is 79.9. The maximum Gasteiger partial charge on any atom is 0.141 e. The molecule has 0 aromatic heterocycles. The van der Waals surface area contributed by atoms with Gasteiger partial charge in [-0.05, 0) is 40.5 Å². The minimum absolute atomic E-state index is 0.0260. The van der Waals surface area contributed by atoms with Gasteiger partial charge in [-0.25, -0.2) is 13.2 Å². The summed E-state index contributed by atoms with van der Waals surface area (Å²) in [6, 6.07) is 6.48. The molecule has 0 radical (unpaired) electrons. The van der Waals surface area contributed by atoms with Gasteiger partial charge in [-0.2, -0.15) is 0 Å². The largest absolute Gasteiger partial charge is 0.496 e. The minimum atomic E-state index is -0.611. The maximum absolute atomic E-state index is 13.7. The van der Waals surface area contributed by atoms with E-state index in [9.17, 15) is 13.2 Å². The number of ether oxygens (including phenoxy) is 1. The van der Waals surface area contributed by atoms with E-state index in [1.165, 1.54) is 37.4 Å². The van der Waals surface area contributed by atoms with Crippen molar-refractivity contribution in [3.63, 3.8) is 0 Å². The first kappa shape index (κ1) is 16.4. The van der Waals surface area contributed by atoms with Crippen molar-refractivity contribution in [2.75, 3.05) is 7.11 Å². The molecule has 1 atom stereocenters. The van der Waals surface area contributed by atoms with Crippen LogP contribution >= 0.6 is 31.9 Å². The fraction of sp³-hybridized carbons (Fsp3) is 0.200. The van der Waals surface area contributed by atoms with Gasteiger partial charge in [0.05, 0.1) is 11.6 Å². The van der Waals surface area contributed by atoms with Crippen molar-refractivity contribution in [2.24, 2.45) is 0 Å². The third-order valence-corrected chi connectivity index (χ3v) is 4.48. The van der Waals surface area contributed by atoms with Crippen LogP contribution in [0.25, 0.3) is 0 Å². The summed E-state index contributed by atoms with van der Waals surface area (Å²) in [6.45, 7) is 0. The highest BCUT2D eigenvalue weighted by molar-refractivity contribution is 9.10. The second kappa shape index (κ2) is 6.83. The van der Waals surface area contributed by atoms with Crippen LogP contribution < -0.4 is 4.74 Å². The van der Waals surface area contributed by atoms with Crippen molar-refractivity contribution in [2.45, 2.75) is 11.2 Å². The molecule has 1 unspecified atom stereocenters. The van der Waals surface area contributed by atoms with Crippen LogP contribution in [-0.4, -0.2) is 7.11 Å². The van der Waals surface area contributed by atoms with E-state index < -0.39 is 22.3 Å². The van der Waals surface area contributed by atoms with Gasteiger partial charge in [0.25, 0.3) is 0 Å². The molecule has 0 fully saturated rings. The Morgan fingerprint density at radius 1 is 1.10 bits per heavy atom. The Balaban J connectivity index is 2.37. The lowest BCUT2D eigenvalue weighted by Gasteiger charge is -2.16. The van der Waals surface area contributed by atoms with Gasteiger partial charge in [-0.1, -0.05) is 22.0 Å². The number of methoxy groups -OCH3 is 1. The van der Waals surface area contributed by atoms with Gasteiger partial charge in [0.15, 0.2) is 0 Å². The minimum Gasteiger partial charge on any atom is -0.496 e. The summed E-state index contributed by atoms with van der Waals surface area (Å²) in [5.41, 5.74) is 0.579. The Kier molecular flexibility index (Phi) is 5.32. The Morgan fingerprint density at radius 3 is 2.29 bits per heavy atom. The van der Waals surface area contributed by atoms with Crippen molar-refractivity contribution >= 4 is 31.9 Å². The molecular weight excluding hydrogens is 413 g/mol. The number of benzene rings is 2. The zero-order valence-electron chi connectivity index (χ0n) is 11.0. The molecule has 0 spiro atoms. The van der Waals surface area contributed by atoms with Gasteiger partial charge < -0.3 is 4.74 Å². The van der Waals surface area contributed by atoms with Crippen molar-refractivity contribution < 1.29 is 17.9 Å². The van der Waals surface area contributed by atoms with Gasteiger partial charge in [0.2, 0.25) is 0 Å². The lowest BCUT2D eigenvalue weighted by molar-refractivity contribution is 0.405. The zero-order chi connectivity index (χ0) is 15.6. The standard InChI is InChI=1S/C15H11Br2F3O/c1-21-15-7-14(20)11(17)5-8(15)10(16)6-9-12(18)3-2-4-13(9)19/h2-5,7,10H,6H2,1H3. The summed E-state index contributed by atoms with van der Waals surface area (Å²) in [4.78, 5) is -0.421. The lowest BCUT2D eigenvalue weighted by atomic mass is 10.0. The van der Waals surface area contributed by atoms with E-state index in [1.807, 2.05) is 0 Å². The van der Waals surface area contributed by atoms with Crippen LogP contribution in [0.5, 0.6) is 5.75 Å². The highest BCUT2D eigenvalue weighted by Gasteiger charge is 2.20. The molecule has 2 aromatic rings. The predicted octanol–water partition coefficient (Wildman–Crippen LogP) is 5.55. The molecule has 6 heteroatoms. The van der Waals surface area contributed by atoms with Crippen LogP contribution in [0.2, 0.25) is 0 Å². The third-order valence-electron chi connectivity index (χ3n) is 3.06. The van der Waals surface area contributed by atoms with Crippen molar-refractivity contribution in [3.05, 3.63) is 63.4 Å². The molecule has 0 bridgehead atoms. The van der Waals surface area contributed by atoms with Gasteiger partial charge >= 0.3 is 0 Å². The van der Waals surface area contributed by atoms with Crippen molar-refractivity contribution in [3.8, 4) is 5.75 Å². The Labute approximate surface area is 137 Å². The van der Waals surface area contributed by atoms with Gasteiger partial charge in [0.1, 0.15) is 23.2 Å². The Bertz CT molecular complexity index is 641. The van der Waals surface area contributed by atoms with Crippen molar-refractivity contribution in [1.29, 1.82) is 0 Å². The van der Waals surface area contributed by atoms with E-state index in [0.29, 0.717) is 11.3 Å². The molecule has 0 amide bonds. The smallest absolute Gasteiger partial charge is 0.141 e. The van der Waals surface area contributed by atoms with Crippen LogP contribution in [0.4, 0.5) is 13.2 Å². The number of rotatable bonds is 4. The first-order valence-corrected chi connectivity index (χ1v) is 7.74. The molecule has 2 rings (SSSR count). The van der Waals surface area contributed by atoms with E-state index in [-0.39, 0.29) is 16.5 Å². The maximum atomic E-state index is 13.7. The summed E-state index contributed by atoms with van der Waals surface area (Å²) in [5.74, 6) is -1.37. The van der Waals surface area contributed by atoms with Crippen LogP contribution in [-0.2, 0) is 6.42 Å². The number of alkyl halides is 1. The quantitative estimate of drug-likeness (QED) is 0.585. The fourth-order valence-corrected chi connectivity index (χ4v) is 3.02. The van der Waals surface area contributed by atoms with E-state index in [0.717, 1.165) is 0 Å². The predicted molar refractivity (Wildman–Crippen MR) is 82.4 cm³/mol. The third kappa shape index (κ3) is 3.61. The van der Waals surface area contributed by atoms with Crippen molar-refractivity contribution in [1.82, 2.24) is 0 Å². The Hall–Kier alpha value is -1.01. The van der Waals surface area contributed by atoms with E-state index >= 15 is 0 Å². The Morgan fingerprint density at radius 2 is 1.71 bits per heavy atom. The van der Waals surface area contributed by atoms with Crippen LogP contribution in [0.3, 0.4) is 0 Å². The molecule has 112 valence electrons. The normalized spacial score (nSPS) is 12.3. The molecule has 2 aromatic carbocycles. The number of hydrogen-bond donors (Lipinski definition) is 0. The summed E-state index contributed by atoms with van der Waals surface area (Å²) >= 11 is 6.48. The van der Waals surface area contributed by atoms with E-state index in [2.05, 4.69) is 31.9 Å². The molecule has 1 nitrogen and oxygen atoms in total. The average Bonchev–Trinajstić information content (AvgIpc) is 2.45. The lowest BCUT2D eigenvalue weighted by Crippen LogP contribution is -2.03. The van der Waals surface area contributed by atoms with Crippen LogP contribution in [0.1, 0.15) is 16.0 Å². The summed E-state index contributed by atoms with van der Waals surface area (Å²) in [7, 11) is 1.41. The topological polar surface area (TPSA) is 9.23 Å². The summed E-state index contributed by atoms with van der Waals surface area (Å²) in [6.07, 6.45) is 0.0763. The monoisotopic (exact) mass is 422 g/mol. The summed E-state index contributed by atoms with van der Waals surface area (Å²) < 4.78 is 46.3. The van der Waals surface area contributed by atoms with Gasteiger partial charge in [-0.15, -0.1) is 0 Å². The number of halogens is 5. The van der Waals surface area contributed by atoms with Gasteiger partial charge in [0, 0.05) is 22.0 Å². The van der Waals surface area contributed by atoms with Crippen LogP contribution in [0.15, 0.2) is 34.8 Å². The molecule has 0 aliphatic carbocycles. The van der Waals surface area contributed by atoms with E-state index in [4.69, 9.17) is 4.74 Å². The molecule has 21 heavy (non-hydrogen) atoms. The molecular formula is C15H11Br2F3O. The first-order valence-electron chi connectivity index (χ1n) is 6.04. The molecule has 0 N–H and O–H groups in total. The first-order chi connectivity index (χ1) is 9.93. The molecule has 0 saturated heterocycles. The number of hydrogen-bond acceptors (Lipinski definition) is 1. The van der Waals surface area contributed by atoms with Crippen LogP contribution in [0, 0.1) is 17.5 Å². The fourth-order valence-electron chi connectivity index (χ4n) is 1.98. The average molecular weight is 424 g/mol. The molecule has 0 saturated carbocycles. The zero-order valence-corrected chi connectivity index (χ0v) is 14.1. The highest BCUT2D eigenvalue weighted by Crippen LogP contribution is 2.37. The van der Waals surface area contributed by atoms with Gasteiger partial charge in [-0.3, -0.25) is 0 Å². The molecule has 0 aliphatic rings. The molecule has 0 aliphatic heterocycles.